The lowest BCUT2D eigenvalue weighted by molar-refractivity contribution is -0.142. The summed E-state index contributed by atoms with van der Waals surface area (Å²) in [5.41, 5.74) is 12.9. The molecule has 4 unspecified atom stereocenters. The molecule has 4 amide bonds. The van der Waals surface area contributed by atoms with Crippen molar-refractivity contribution in [2.24, 2.45) is 11.5 Å². The highest BCUT2D eigenvalue weighted by Gasteiger charge is 2.31. The van der Waals surface area contributed by atoms with Crippen LogP contribution in [0.3, 0.4) is 0 Å². The summed E-state index contributed by atoms with van der Waals surface area (Å²) in [5, 5.41) is 27.3. The number of nitrogens with two attached hydrogens (primary N) is 2. The molecule has 2 aromatic carbocycles. The van der Waals surface area contributed by atoms with Crippen LogP contribution in [-0.4, -0.2) is 75.6 Å². The van der Waals surface area contributed by atoms with Crippen LogP contribution in [0.1, 0.15) is 24.0 Å². The third-order valence-electron chi connectivity index (χ3n) is 6.48. The number of aliphatic carboxylic acids is 1. The molecule has 0 saturated heterocycles. The number of hydrogen-bond acceptors (Lipinski definition) is 7. The van der Waals surface area contributed by atoms with Gasteiger partial charge in [0.1, 0.15) is 24.2 Å². The highest BCUT2D eigenvalue weighted by Crippen LogP contribution is 2.19. The van der Waals surface area contributed by atoms with Crippen molar-refractivity contribution in [3.05, 3.63) is 71.9 Å². The molecular formula is C28H34N6O7. The SMILES string of the molecule is NC(=O)CCC(NC(=O)C(N)CO)C(=O)NC(Cc1ccccc1)C(=O)NC(Cc1c[nH]c2ccccc12)C(=O)O. The van der Waals surface area contributed by atoms with Gasteiger partial charge in [0.05, 0.1) is 6.61 Å². The molecule has 0 aliphatic carbocycles. The molecule has 10 N–H and O–H groups in total. The van der Waals surface area contributed by atoms with Crippen molar-refractivity contribution < 1.29 is 34.2 Å². The molecular weight excluding hydrogens is 532 g/mol. The van der Waals surface area contributed by atoms with E-state index in [9.17, 15) is 34.2 Å². The first-order valence-electron chi connectivity index (χ1n) is 13.0. The van der Waals surface area contributed by atoms with E-state index in [2.05, 4.69) is 20.9 Å². The number of primary amides is 1. The Labute approximate surface area is 235 Å². The number of aromatic amines is 1. The largest absolute Gasteiger partial charge is 0.480 e. The molecule has 13 nitrogen and oxygen atoms in total. The number of H-pyrrole nitrogens is 1. The fraction of sp³-hybridized carbons (Fsp3) is 0.321. The van der Waals surface area contributed by atoms with Crippen LogP contribution < -0.4 is 27.4 Å². The van der Waals surface area contributed by atoms with E-state index in [-0.39, 0.29) is 25.7 Å². The number of aliphatic hydroxyl groups is 1. The number of hydrogen-bond donors (Lipinski definition) is 8. The maximum Gasteiger partial charge on any atom is 0.326 e. The summed E-state index contributed by atoms with van der Waals surface area (Å²) >= 11 is 0. The van der Waals surface area contributed by atoms with Gasteiger partial charge in [0.25, 0.3) is 0 Å². The monoisotopic (exact) mass is 566 g/mol. The Morgan fingerprint density at radius 3 is 2.07 bits per heavy atom. The number of aromatic nitrogens is 1. The molecule has 1 aromatic heterocycles. The van der Waals surface area contributed by atoms with Crippen molar-refractivity contribution in [1.29, 1.82) is 0 Å². The average Bonchev–Trinajstić information content (AvgIpc) is 3.36. The molecule has 41 heavy (non-hydrogen) atoms. The number of carboxylic acids is 1. The number of rotatable bonds is 15. The number of carbonyl (C=O) groups is 5. The lowest BCUT2D eigenvalue weighted by atomic mass is 10.0. The molecule has 218 valence electrons. The maximum absolute atomic E-state index is 13.4. The molecule has 0 saturated carbocycles. The smallest absolute Gasteiger partial charge is 0.326 e. The first-order valence-corrected chi connectivity index (χ1v) is 13.0. The lowest BCUT2D eigenvalue weighted by Gasteiger charge is -2.25. The van der Waals surface area contributed by atoms with Crippen molar-refractivity contribution in [3.63, 3.8) is 0 Å². The first-order chi connectivity index (χ1) is 19.6. The number of para-hydroxylation sites is 1. The Morgan fingerprint density at radius 2 is 1.41 bits per heavy atom. The molecule has 0 fully saturated rings. The van der Waals surface area contributed by atoms with Gasteiger partial charge in [-0.05, 0) is 23.6 Å². The second kappa shape index (κ2) is 14.6. The van der Waals surface area contributed by atoms with Crippen molar-refractivity contribution in [2.45, 2.75) is 49.9 Å². The minimum Gasteiger partial charge on any atom is -0.480 e. The van der Waals surface area contributed by atoms with E-state index in [1.165, 1.54) is 0 Å². The average molecular weight is 567 g/mol. The summed E-state index contributed by atoms with van der Waals surface area (Å²) < 4.78 is 0. The second-order valence-electron chi connectivity index (χ2n) is 9.57. The Kier molecular flexibility index (Phi) is 11.0. The van der Waals surface area contributed by atoms with Crippen LogP contribution >= 0.6 is 0 Å². The van der Waals surface area contributed by atoms with Gasteiger partial charge in [-0.1, -0.05) is 48.5 Å². The Bertz CT molecular complexity index is 1380. The number of fused-ring (bicyclic) bond motifs is 1. The number of nitrogens with one attached hydrogen (secondary N) is 4. The van der Waals surface area contributed by atoms with E-state index in [4.69, 9.17) is 11.5 Å². The van der Waals surface area contributed by atoms with E-state index in [0.29, 0.717) is 11.1 Å². The quantitative estimate of drug-likeness (QED) is 0.114. The van der Waals surface area contributed by atoms with E-state index in [1.54, 1.807) is 36.5 Å². The van der Waals surface area contributed by atoms with Gasteiger partial charge in [0, 0.05) is 36.4 Å². The highest BCUT2D eigenvalue weighted by atomic mass is 16.4. The number of amides is 4. The molecule has 0 spiro atoms. The van der Waals surface area contributed by atoms with Crippen LogP contribution in [-0.2, 0) is 36.8 Å². The fourth-order valence-corrected chi connectivity index (χ4v) is 4.24. The van der Waals surface area contributed by atoms with E-state index in [0.717, 1.165) is 10.9 Å². The number of carbonyl (C=O) groups excluding carboxylic acids is 4. The van der Waals surface area contributed by atoms with Gasteiger partial charge in [-0.15, -0.1) is 0 Å². The van der Waals surface area contributed by atoms with Gasteiger partial charge in [-0.25, -0.2) is 4.79 Å². The third-order valence-corrected chi connectivity index (χ3v) is 6.48. The van der Waals surface area contributed by atoms with Gasteiger partial charge < -0.3 is 42.6 Å². The van der Waals surface area contributed by atoms with Crippen LogP contribution in [0.25, 0.3) is 10.9 Å². The zero-order valence-corrected chi connectivity index (χ0v) is 22.2. The third kappa shape index (κ3) is 8.88. The van der Waals surface area contributed by atoms with E-state index < -0.39 is 60.4 Å². The van der Waals surface area contributed by atoms with E-state index in [1.807, 2.05) is 24.3 Å². The lowest BCUT2D eigenvalue weighted by Crippen LogP contribution is -2.58. The molecule has 3 rings (SSSR count). The zero-order valence-electron chi connectivity index (χ0n) is 22.2. The standard InChI is InChI=1S/C28H34N6O7/c29-19(15-35)25(37)32-21(10-11-24(30)36)26(38)33-22(12-16-6-2-1-3-7-16)27(39)34-23(28(40)41)13-17-14-31-20-9-5-4-8-18(17)20/h1-9,14,19,21-23,31,35H,10-13,15,29H2,(H2,30,36)(H,32,37)(H,33,38)(H,34,39)(H,40,41). The zero-order chi connectivity index (χ0) is 29.9. The van der Waals surface area contributed by atoms with Crippen LogP contribution in [0.4, 0.5) is 0 Å². The Morgan fingerprint density at radius 1 is 0.805 bits per heavy atom. The summed E-state index contributed by atoms with van der Waals surface area (Å²) in [4.78, 5) is 65.5. The van der Waals surface area contributed by atoms with Crippen molar-refractivity contribution in [3.8, 4) is 0 Å². The van der Waals surface area contributed by atoms with Crippen LogP contribution in [0, 0.1) is 0 Å². The molecule has 0 bridgehead atoms. The summed E-state index contributed by atoms with van der Waals surface area (Å²) in [6, 6.07) is 10.9. The predicted molar refractivity (Wildman–Crippen MR) is 149 cm³/mol. The van der Waals surface area contributed by atoms with Crippen molar-refractivity contribution >= 4 is 40.5 Å². The highest BCUT2D eigenvalue weighted by molar-refractivity contribution is 5.94. The van der Waals surface area contributed by atoms with Crippen LogP contribution in [0.5, 0.6) is 0 Å². The van der Waals surface area contributed by atoms with Crippen molar-refractivity contribution in [1.82, 2.24) is 20.9 Å². The van der Waals surface area contributed by atoms with Gasteiger partial charge in [0.15, 0.2) is 0 Å². The maximum atomic E-state index is 13.4. The van der Waals surface area contributed by atoms with Crippen LogP contribution in [0.15, 0.2) is 60.8 Å². The van der Waals surface area contributed by atoms with Crippen molar-refractivity contribution in [2.75, 3.05) is 6.61 Å². The molecule has 13 heteroatoms. The predicted octanol–water partition coefficient (Wildman–Crippen LogP) is -0.923. The van der Waals surface area contributed by atoms with E-state index >= 15 is 0 Å². The number of benzene rings is 2. The van der Waals surface area contributed by atoms with Gasteiger partial charge in [-0.2, -0.15) is 0 Å². The second-order valence-corrected chi connectivity index (χ2v) is 9.57. The Hall–Kier alpha value is -4.75. The molecule has 1 heterocycles. The fourth-order valence-electron chi connectivity index (χ4n) is 4.24. The van der Waals surface area contributed by atoms with Gasteiger partial charge >= 0.3 is 5.97 Å². The topological polar surface area (TPSA) is 230 Å². The number of carboxylic acid groups (broad SMARTS) is 1. The summed E-state index contributed by atoms with van der Waals surface area (Å²) in [6.07, 6.45) is 1.22. The summed E-state index contributed by atoms with van der Waals surface area (Å²) in [6.45, 7) is -0.679. The molecule has 0 aliphatic rings. The molecule has 3 aromatic rings. The summed E-state index contributed by atoms with van der Waals surface area (Å²) in [7, 11) is 0. The molecule has 0 aliphatic heterocycles. The minimum atomic E-state index is -1.32. The molecule has 4 atom stereocenters. The van der Waals surface area contributed by atoms with Gasteiger partial charge in [0.2, 0.25) is 23.6 Å². The Balaban J connectivity index is 1.82. The minimum absolute atomic E-state index is 0.00444. The number of aliphatic hydroxyl groups excluding tert-OH is 1. The normalized spacial score (nSPS) is 13.9. The van der Waals surface area contributed by atoms with Gasteiger partial charge in [-0.3, -0.25) is 19.2 Å². The summed E-state index contributed by atoms with van der Waals surface area (Å²) in [5.74, 6) is -4.40. The first kappa shape index (κ1) is 30.8. The van der Waals surface area contributed by atoms with Crippen LogP contribution in [0.2, 0.25) is 0 Å². The molecule has 0 radical (unpaired) electrons.